The highest BCUT2D eigenvalue weighted by molar-refractivity contribution is 5.94. The second kappa shape index (κ2) is 5.17. The van der Waals surface area contributed by atoms with Gasteiger partial charge in [-0.05, 0) is 29.8 Å². The molecule has 0 aliphatic rings. The fourth-order valence-corrected chi connectivity index (χ4v) is 2.56. The molecular formula is C17H12FN5. The molecule has 4 aromatic rings. The standard InChI is InChI=1S/C17H12FN5/c18-12-3-1-2-10(6-12)11-7-13-14(9-22-16(13)21-8-11)15-4-5-20-17(19)23-15/h1-9H,(H,21,22)(H2,19,20,23). The van der Waals surface area contributed by atoms with Gasteiger partial charge in [0.25, 0.3) is 0 Å². The van der Waals surface area contributed by atoms with Crippen LogP contribution in [-0.4, -0.2) is 19.9 Å². The third-order valence-corrected chi connectivity index (χ3v) is 3.64. The topological polar surface area (TPSA) is 80.5 Å². The fraction of sp³-hybridized carbons (Fsp3) is 0. The van der Waals surface area contributed by atoms with Crippen molar-refractivity contribution in [3.63, 3.8) is 0 Å². The van der Waals surface area contributed by atoms with E-state index < -0.39 is 0 Å². The van der Waals surface area contributed by atoms with Crippen molar-refractivity contribution in [3.05, 3.63) is 60.8 Å². The molecule has 4 rings (SSSR count). The minimum absolute atomic E-state index is 0.214. The lowest BCUT2D eigenvalue weighted by atomic mass is 10.0. The van der Waals surface area contributed by atoms with Crippen molar-refractivity contribution >= 4 is 17.0 Å². The van der Waals surface area contributed by atoms with Crippen molar-refractivity contribution in [2.45, 2.75) is 0 Å². The molecule has 0 amide bonds. The first kappa shape index (κ1) is 13.4. The number of H-pyrrole nitrogens is 1. The van der Waals surface area contributed by atoms with E-state index in [9.17, 15) is 4.39 Å². The Labute approximate surface area is 131 Å². The van der Waals surface area contributed by atoms with E-state index in [1.807, 2.05) is 18.3 Å². The fourth-order valence-electron chi connectivity index (χ4n) is 2.56. The van der Waals surface area contributed by atoms with Crippen LogP contribution in [0.25, 0.3) is 33.4 Å². The molecule has 0 spiro atoms. The molecule has 6 heteroatoms. The predicted molar refractivity (Wildman–Crippen MR) is 86.9 cm³/mol. The summed E-state index contributed by atoms with van der Waals surface area (Å²) < 4.78 is 13.4. The normalized spacial score (nSPS) is 11.0. The van der Waals surface area contributed by atoms with Crippen LogP contribution < -0.4 is 5.73 Å². The molecule has 5 nitrogen and oxygen atoms in total. The molecule has 0 atom stereocenters. The van der Waals surface area contributed by atoms with Crippen LogP contribution >= 0.6 is 0 Å². The maximum atomic E-state index is 13.4. The smallest absolute Gasteiger partial charge is 0.220 e. The van der Waals surface area contributed by atoms with Crippen LogP contribution in [0, 0.1) is 5.82 Å². The van der Waals surface area contributed by atoms with E-state index in [4.69, 9.17) is 5.73 Å². The Hall–Kier alpha value is -3.28. The minimum Gasteiger partial charge on any atom is -0.368 e. The molecule has 23 heavy (non-hydrogen) atoms. The van der Waals surface area contributed by atoms with Crippen molar-refractivity contribution < 1.29 is 4.39 Å². The van der Waals surface area contributed by atoms with Gasteiger partial charge in [0.2, 0.25) is 5.95 Å². The first-order valence-corrected chi connectivity index (χ1v) is 7.03. The average Bonchev–Trinajstić information content (AvgIpc) is 2.98. The zero-order valence-electron chi connectivity index (χ0n) is 12.0. The van der Waals surface area contributed by atoms with Gasteiger partial charge in [-0.1, -0.05) is 12.1 Å². The first-order chi connectivity index (χ1) is 11.2. The van der Waals surface area contributed by atoms with E-state index in [1.54, 1.807) is 24.5 Å². The number of hydrogen-bond acceptors (Lipinski definition) is 4. The quantitative estimate of drug-likeness (QED) is 0.594. The number of aromatic nitrogens is 4. The number of aromatic amines is 1. The summed E-state index contributed by atoms with van der Waals surface area (Å²) in [6.07, 6.45) is 5.15. The molecule has 0 aliphatic carbocycles. The molecule has 3 N–H and O–H groups in total. The van der Waals surface area contributed by atoms with Gasteiger partial charge in [-0.2, -0.15) is 0 Å². The van der Waals surface area contributed by atoms with Gasteiger partial charge >= 0.3 is 0 Å². The van der Waals surface area contributed by atoms with Gasteiger partial charge in [-0.3, -0.25) is 0 Å². The number of nitrogens with two attached hydrogens (primary N) is 1. The van der Waals surface area contributed by atoms with Crippen LogP contribution in [0.1, 0.15) is 0 Å². The number of halogens is 1. The Bertz CT molecular complexity index is 1010. The van der Waals surface area contributed by atoms with Gasteiger partial charge in [-0.15, -0.1) is 0 Å². The molecule has 1 aromatic carbocycles. The van der Waals surface area contributed by atoms with Crippen LogP contribution in [0.15, 0.2) is 55.0 Å². The van der Waals surface area contributed by atoms with E-state index >= 15 is 0 Å². The Morgan fingerprint density at radius 1 is 1.04 bits per heavy atom. The monoisotopic (exact) mass is 305 g/mol. The molecule has 0 unspecified atom stereocenters. The van der Waals surface area contributed by atoms with Crippen LogP contribution in [-0.2, 0) is 0 Å². The van der Waals surface area contributed by atoms with E-state index in [0.29, 0.717) is 5.69 Å². The summed E-state index contributed by atoms with van der Waals surface area (Å²) in [5.41, 5.74) is 9.58. The molecule has 3 heterocycles. The number of nitrogens with zero attached hydrogens (tertiary/aromatic N) is 3. The van der Waals surface area contributed by atoms with E-state index in [2.05, 4.69) is 19.9 Å². The lowest BCUT2D eigenvalue weighted by Crippen LogP contribution is -1.94. The number of rotatable bonds is 2. The summed E-state index contributed by atoms with van der Waals surface area (Å²) in [4.78, 5) is 15.7. The highest BCUT2D eigenvalue weighted by Crippen LogP contribution is 2.30. The molecule has 0 bridgehead atoms. The Kier molecular flexibility index (Phi) is 3.01. The highest BCUT2D eigenvalue weighted by Gasteiger charge is 2.10. The van der Waals surface area contributed by atoms with E-state index in [0.717, 1.165) is 27.7 Å². The molecule has 0 fully saturated rings. The number of benzene rings is 1. The van der Waals surface area contributed by atoms with Gasteiger partial charge in [0, 0.05) is 35.1 Å². The lowest BCUT2D eigenvalue weighted by Gasteiger charge is -2.03. The number of nitrogen functional groups attached to an aromatic ring is 1. The van der Waals surface area contributed by atoms with Crippen molar-refractivity contribution in [2.75, 3.05) is 5.73 Å². The minimum atomic E-state index is -0.277. The summed E-state index contributed by atoms with van der Waals surface area (Å²) in [5, 5.41) is 0.893. The number of nitrogens with one attached hydrogen (secondary N) is 1. The van der Waals surface area contributed by atoms with Gasteiger partial charge in [0.05, 0.1) is 5.69 Å². The number of pyridine rings is 1. The summed E-state index contributed by atoms with van der Waals surface area (Å²) in [7, 11) is 0. The third-order valence-electron chi connectivity index (χ3n) is 3.64. The third kappa shape index (κ3) is 2.40. The second-order valence-electron chi connectivity index (χ2n) is 5.13. The van der Waals surface area contributed by atoms with Crippen molar-refractivity contribution in [1.82, 2.24) is 19.9 Å². The van der Waals surface area contributed by atoms with Crippen LogP contribution in [0.4, 0.5) is 10.3 Å². The average molecular weight is 305 g/mol. The van der Waals surface area contributed by atoms with Crippen molar-refractivity contribution in [1.29, 1.82) is 0 Å². The first-order valence-electron chi connectivity index (χ1n) is 7.03. The molecule has 3 aromatic heterocycles. The number of anilines is 1. The largest absolute Gasteiger partial charge is 0.368 e. The van der Waals surface area contributed by atoms with Gasteiger partial charge in [0.1, 0.15) is 11.5 Å². The van der Waals surface area contributed by atoms with Crippen molar-refractivity contribution in [3.8, 4) is 22.4 Å². The zero-order chi connectivity index (χ0) is 15.8. The second-order valence-corrected chi connectivity index (χ2v) is 5.13. The molecular weight excluding hydrogens is 293 g/mol. The van der Waals surface area contributed by atoms with E-state index in [1.165, 1.54) is 12.1 Å². The van der Waals surface area contributed by atoms with Gasteiger partial charge < -0.3 is 10.7 Å². The summed E-state index contributed by atoms with van der Waals surface area (Å²) >= 11 is 0. The molecule has 0 radical (unpaired) electrons. The molecule has 112 valence electrons. The van der Waals surface area contributed by atoms with Crippen molar-refractivity contribution in [2.24, 2.45) is 0 Å². The SMILES string of the molecule is Nc1nccc(-c2c[nH]c3ncc(-c4cccc(F)c4)cc23)n1. The molecule has 0 saturated heterocycles. The zero-order valence-corrected chi connectivity index (χ0v) is 12.0. The number of fused-ring (bicyclic) bond motifs is 1. The van der Waals surface area contributed by atoms with Gasteiger partial charge in [-0.25, -0.2) is 19.3 Å². The molecule has 0 aliphatic heterocycles. The Balaban J connectivity index is 1.90. The van der Waals surface area contributed by atoms with Crippen LogP contribution in [0.2, 0.25) is 0 Å². The van der Waals surface area contributed by atoms with Gasteiger partial charge in [0.15, 0.2) is 0 Å². The Morgan fingerprint density at radius 2 is 1.96 bits per heavy atom. The van der Waals surface area contributed by atoms with Crippen LogP contribution in [0.3, 0.4) is 0 Å². The highest BCUT2D eigenvalue weighted by atomic mass is 19.1. The van der Waals surface area contributed by atoms with Crippen LogP contribution in [0.5, 0.6) is 0 Å². The Morgan fingerprint density at radius 3 is 2.78 bits per heavy atom. The predicted octanol–water partition coefficient (Wildman–Crippen LogP) is 3.41. The maximum Gasteiger partial charge on any atom is 0.220 e. The van der Waals surface area contributed by atoms with E-state index in [-0.39, 0.29) is 11.8 Å². The summed E-state index contributed by atoms with van der Waals surface area (Å²) in [5.74, 6) is -0.0634. The molecule has 0 saturated carbocycles. The summed E-state index contributed by atoms with van der Waals surface area (Å²) in [6, 6.07) is 10.2. The lowest BCUT2D eigenvalue weighted by molar-refractivity contribution is 0.628. The summed E-state index contributed by atoms with van der Waals surface area (Å²) in [6.45, 7) is 0. The number of hydrogen-bond donors (Lipinski definition) is 2. The maximum absolute atomic E-state index is 13.4.